The van der Waals surface area contributed by atoms with E-state index in [1.165, 1.54) is 0 Å². The van der Waals surface area contributed by atoms with Crippen molar-refractivity contribution in [3.63, 3.8) is 0 Å². The molecule has 0 fully saturated rings. The first-order chi connectivity index (χ1) is 10.0. The van der Waals surface area contributed by atoms with Crippen LogP contribution in [0, 0.1) is 11.7 Å². The van der Waals surface area contributed by atoms with Crippen LogP contribution in [0.2, 0.25) is 5.02 Å². The molecule has 3 aromatic rings. The monoisotopic (exact) mass is 316 g/mol. The normalized spacial score (nSPS) is 11.0. The smallest absolute Gasteiger partial charge is 0.262 e. The number of aromatic nitrogens is 2. The van der Waals surface area contributed by atoms with Crippen LogP contribution in [0.5, 0.6) is 0 Å². The quantitative estimate of drug-likeness (QED) is 0.724. The van der Waals surface area contributed by atoms with Gasteiger partial charge in [0.25, 0.3) is 5.56 Å². The highest BCUT2D eigenvalue weighted by atomic mass is 35.5. The Hall–Kier alpha value is -1.91. The van der Waals surface area contributed by atoms with E-state index in [1.807, 2.05) is 31.2 Å². The summed E-state index contributed by atoms with van der Waals surface area (Å²) in [6.07, 6.45) is 0. The minimum atomic E-state index is -0.127. The number of halogens is 1. The number of hydrogen-bond donors (Lipinski definition) is 1. The van der Waals surface area contributed by atoms with Crippen LogP contribution in [0.4, 0.5) is 0 Å². The molecule has 0 aliphatic heterocycles. The van der Waals surface area contributed by atoms with Gasteiger partial charge in [-0.05, 0) is 42.9 Å². The zero-order valence-electron chi connectivity index (χ0n) is 11.4. The van der Waals surface area contributed by atoms with Crippen molar-refractivity contribution in [1.29, 1.82) is 0 Å². The second kappa shape index (κ2) is 5.47. The van der Waals surface area contributed by atoms with Crippen LogP contribution in [0.15, 0.2) is 47.3 Å². The van der Waals surface area contributed by atoms with Gasteiger partial charge in [0.2, 0.25) is 0 Å². The van der Waals surface area contributed by atoms with Gasteiger partial charge in [-0.1, -0.05) is 41.4 Å². The Morgan fingerprint density at radius 2 is 2.05 bits per heavy atom. The number of nitrogens with one attached hydrogen (secondary N) is 1. The molecule has 3 nitrogen and oxygen atoms in total. The van der Waals surface area contributed by atoms with Crippen molar-refractivity contribution in [1.82, 2.24) is 9.55 Å². The summed E-state index contributed by atoms with van der Waals surface area (Å²) in [5.74, 6) is 0. The van der Waals surface area contributed by atoms with Gasteiger partial charge in [0.1, 0.15) is 0 Å². The van der Waals surface area contributed by atoms with Gasteiger partial charge < -0.3 is 4.98 Å². The highest BCUT2D eigenvalue weighted by molar-refractivity contribution is 7.71. The zero-order chi connectivity index (χ0) is 15.0. The van der Waals surface area contributed by atoms with Gasteiger partial charge in [-0.2, -0.15) is 0 Å². The minimum Gasteiger partial charge on any atom is -0.332 e. The maximum absolute atomic E-state index is 12.6. The minimum absolute atomic E-state index is 0.127. The molecule has 5 heteroatoms. The number of benzene rings is 2. The van der Waals surface area contributed by atoms with Crippen LogP contribution in [0.25, 0.3) is 10.9 Å². The first-order valence-corrected chi connectivity index (χ1v) is 7.31. The molecule has 106 valence electrons. The van der Waals surface area contributed by atoms with Crippen molar-refractivity contribution in [3.05, 3.63) is 73.7 Å². The fourth-order valence-corrected chi connectivity index (χ4v) is 2.79. The van der Waals surface area contributed by atoms with Crippen LogP contribution in [0.1, 0.15) is 11.1 Å². The Morgan fingerprint density at radius 3 is 2.81 bits per heavy atom. The molecule has 1 N–H and O–H groups in total. The maximum Gasteiger partial charge on any atom is 0.262 e. The van der Waals surface area contributed by atoms with E-state index in [0.29, 0.717) is 27.2 Å². The fraction of sp³-hybridized carbons (Fsp3) is 0.125. The molecule has 2 aromatic carbocycles. The standard InChI is InChI=1S/C16H13ClN2OS/c1-10-3-2-4-11(7-10)9-19-15(20)13-8-12(17)5-6-14(13)18-16(19)21/h2-8H,9H2,1H3,(H,18,21). The molecule has 0 aliphatic rings. The molecule has 0 unspecified atom stereocenters. The summed E-state index contributed by atoms with van der Waals surface area (Å²) in [5, 5.41) is 1.08. The first kappa shape index (κ1) is 14.0. The summed E-state index contributed by atoms with van der Waals surface area (Å²) >= 11 is 11.3. The van der Waals surface area contributed by atoms with Gasteiger partial charge in [0, 0.05) is 5.02 Å². The van der Waals surface area contributed by atoms with Crippen molar-refractivity contribution >= 4 is 34.7 Å². The molecule has 21 heavy (non-hydrogen) atoms. The Morgan fingerprint density at radius 1 is 1.24 bits per heavy atom. The molecular weight excluding hydrogens is 304 g/mol. The number of aromatic amines is 1. The molecule has 0 aliphatic carbocycles. The summed E-state index contributed by atoms with van der Waals surface area (Å²) < 4.78 is 1.97. The van der Waals surface area contributed by atoms with Gasteiger partial charge in [0.15, 0.2) is 4.77 Å². The van der Waals surface area contributed by atoms with Crippen molar-refractivity contribution in [3.8, 4) is 0 Å². The van der Waals surface area contributed by atoms with E-state index in [2.05, 4.69) is 4.98 Å². The molecule has 1 aromatic heterocycles. The summed E-state index contributed by atoms with van der Waals surface area (Å²) in [6.45, 7) is 2.46. The van der Waals surface area contributed by atoms with Crippen molar-refractivity contribution in [2.45, 2.75) is 13.5 Å². The summed E-state index contributed by atoms with van der Waals surface area (Å²) in [7, 11) is 0. The SMILES string of the molecule is Cc1cccc(Cn2c(=S)[nH]c3ccc(Cl)cc3c2=O)c1. The predicted octanol–water partition coefficient (Wildman–Crippen LogP) is 4.07. The Kier molecular flexibility index (Phi) is 3.66. The fourth-order valence-electron chi connectivity index (χ4n) is 2.36. The van der Waals surface area contributed by atoms with E-state index in [9.17, 15) is 4.79 Å². The highest BCUT2D eigenvalue weighted by Gasteiger charge is 2.07. The summed E-state index contributed by atoms with van der Waals surface area (Å²) in [4.78, 5) is 15.7. The first-order valence-electron chi connectivity index (χ1n) is 6.52. The molecule has 3 rings (SSSR count). The second-order valence-electron chi connectivity index (χ2n) is 5.00. The van der Waals surface area contributed by atoms with Crippen LogP contribution in [0.3, 0.4) is 0 Å². The largest absolute Gasteiger partial charge is 0.332 e. The van der Waals surface area contributed by atoms with Gasteiger partial charge in [-0.25, -0.2) is 0 Å². The molecule has 0 bridgehead atoms. The van der Waals surface area contributed by atoms with Gasteiger partial charge >= 0.3 is 0 Å². The van der Waals surface area contributed by atoms with E-state index in [1.54, 1.807) is 22.8 Å². The third kappa shape index (κ3) is 2.77. The molecule has 0 radical (unpaired) electrons. The predicted molar refractivity (Wildman–Crippen MR) is 88.7 cm³/mol. The molecule has 0 saturated carbocycles. The molecular formula is C16H13ClN2OS. The van der Waals surface area contributed by atoms with Crippen LogP contribution >= 0.6 is 23.8 Å². The second-order valence-corrected chi connectivity index (χ2v) is 5.82. The van der Waals surface area contributed by atoms with E-state index >= 15 is 0 Å². The van der Waals surface area contributed by atoms with Crippen molar-refractivity contribution in [2.24, 2.45) is 0 Å². The number of aryl methyl sites for hydroxylation is 1. The Labute approximate surface area is 131 Å². The third-order valence-corrected chi connectivity index (χ3v) is 3.92. The number of rotatable bonds is 2. The Bertz CT molecular complexity index is 943. The summed E-state index contributed by atoms with van der Waals surface area (Å²) in [5.41, 5.74) is 2.77. The topological polar surface area (TPSA) is 37.8 Å². The van der Waals surface area contributed by atoms with Crippen LogP contribution < -0.4 is 5.56 Å². The number of nitrogens with zero attached hydrogens (tertiary/aromatic N) is 1. The molecule has 0 amide bonds. The summed E-state index contributed by atoms with van der Waals surface area (Å²) in [6, 6.07) is 13.2. The Balaban J connectivity index is 2.19. The van der Waals surface area contributed by atoms with Gasteiger partial charge in [-0.15, -0.1) is 0 Å². The maximum atomic E-state index is 12.6. The van der Waals surface area contributed by atoms with Gasteiger partial charge in [0.05, 0.1) is 17.4 Å². The molecule has 1 heterocycles. The number of fused-ring (bicyclic) bond motifs is 1. The van der Waals surface area contributed by atoms with E-state index in [-0.39, 0.29) is 5.56 Å². The van der Waals surface area contributed by atoms with E-state index < -0.39 is 0 Å². The lowest BCUT2D eigenvalue weighted by Gasteiger charge is -2.09. The number of H-pyrrole nitrogens is 1. The van der Waals surface area contributed by atoms with E-state index in [4.69, 9.17) is 23.8 Å². The number of hydrogen-bond acceptors (Lipinski definition) is 2. The van der Waals surface area contributed by atoms with Crippen LogP contribution in [-0.4, -0.2) is 9.55 Å². The van der Waals surface area contributed by atoms with Gasteiger partial charge in [-0.3, -0.25) is 9.36 Å². The lowest BCUT2D eigenvalue weighted by Crippen LogP contribution is -2.22. The lowest BCUT2D eigenvalue weighted by atomic mass is 10.1. The van der Waals surface area contributed by atoms with Crippen molar-refractivity contribution in [2.75, 3.05) is 0 Å². The average Bonchev–Trinajstić information content (AvgIpc) is 2.45. The van der Waals surface area contributed by atoms with Crippen molar-refractivity contribution < 1.29 is 0 Å². The molecule has 0 atom stereocenters. The average molecular weight is 317 g/mol. The van der Waals surface area contributed by atoms with E-state index in [0.717, 1.165) is 11.1 Å². The third-order valence-electron chi connectivity index (χ3n) is 3.37. The zero-order valence-corrected chi connectivity index (χ0v) is 13.0. The lowest BCUT2D eigenvalue weighted by molar-refractivity contribution is 0.734. The highest BCUT2D eigenvalue weighted by Crippen LogP contribution is 2.15. The molecule has 0 spiro atoms. The van der Waals surface area contributed by atoms with Crippen LogP contribution in [-0.2, 0) is 6.54 Å². The molecule has 0 saturated heterocycles.